The van der Waals surface area contributed by atoms with E-state index in [0.717, 1.165) is 44.6 Å². The fourth-order valence-corrected chi connectivity index (χ4v) is 9.44. The minimum atomic E-state index is 0.876. The van der Waals surface area contributed by atoms with Crippen molar-refractivity contribution in [3.8, 4) is 22.3 Å². The molecule has 0 aliphatic carbocycles. The van der Waals surface area contributed by atoms with Gasteiger partial charge in [0.1, 0.15) is 5.58 Å². The lowest BCUT2D eigenvalue weighted by atomic mass is 9.99. The van der Waals surface area contributed by atoms with Crippen LogP contribution in [0.15, 0.2) is 192 Å². The zero-order valence-electron chi connectivity index (χ0n) is 28.7. The van der Waals surface area contributed by atoms with Crippen molar-refractivity contribution in [1.29, 1.82) is 0 Å². The molecule has 0 spiro atoms. The molecule has 0 unspecified atom stereocenters. The van der Waals surface area contributed by atoms with Gasteiger partial charge in [0.25, 0.3) is 0 Å². The van der Waals surface area contributed by atoms with Crippen LogP contribution in [-0.4, -0.2) is 0 Å². The summed E-state index contributed by atoms with van der Waals surface area (Å²) >= 11 is 1.88. The maximum absolute atomic E-state index is 6.79. The largest absolute Gasteiger partial charge is 0.454 e. The average Bonchev–Trinajstić information content (AvgIpc) is 3.82. The molecule has 0 N–H and O–H groups in total. The first-order chi connectivity index (χ1) is 26.3. The normalized spacial score (nSPS) is 11.8. The van der Waals surface area contributed by atoms with E-state index in [9.17, 15) is 0 Å². The van der Waals surface area contributed by atoms with E-state index >= 15 is 0 Å². The summed E-state index contributed by atoms with van der Waals surface area (Å²) in [5.74, 6) is 0. The molecule has 0 aliphatic heterocycles. The van der Waals surface area contributed by atoms with Gasteiger partial charge in [0.15, 0.2) is 5.58 Å². The molecule has 2 aromatic heterocycles. The van der Waals surface area contributed by atoms with Crippen LogP contribution in [0.25, 0.3) is 85.9 Å². The predicted octanol–water partition coefficient (Wildman–Crippen LogP) is 15.1. The summed E-state index contributed by atoms with van der Waals surface area (Å²) in [5, 5.41) is 9.86. The molecular weight excluding hydrogens is 663 g/mol. The molecule has 248 valence electrons. The second kappa shape index (κ2) is 11.9. The fraction of sp³-hybridized carbons (Fsp3) is 0. The third-order valence-corrected chi connectivity index (χ3v) is 11.8. The second-order valence-corrected chi connectivity index (χ2v) is 14.7. The first kappa shape index (κ1) is 30.0. The molecule has 0 aliphatic rings. The first-order valence-corrected chi connectivity index (χ1v) is 18.8. The molecule has 2 nitrogen and oxygen atoms in total. The number of para-hydroxylation sites is 1. The maximum Gasteiger partial charge on any atom is 0.160 e. The van der Waals surface area contributed by atoms with Crippen LogP contribution in [0.3, 0.4) is 0 Å². The standard InChI is InChI=1S/C50H31NOS/c1-2-12-32(13-3-1)35-16-10-17-38(30-35)51(44-31-36-15-5-7-19-40(36)48-42-20-8-9-23-45(42)52-49(44)48)37-27-24-34(25-28-37)41-21-11-22-43-47-39-18-6-4-14-33(39)26-29-46(47)53-50(41)43/h1-31H. The molecule has 0 bridgehead atoms. The summed E-state index contributed by atoms with van der Waals surface area (Å²) in [4.78, 5) is 2.36. The Morgan fingerprint density at radius 3 is 1.94 bits per heavy atom. The summed E-state index contributed by atoms with van der Waals surface area (Å²) in [5.41, 5.74) is 9.69. The fourth-order valence-electron chi connectivity index (χ4n) is 8.19. The maximum atomic E-state index is 6.79. The van der Waals surface area contributed by atoms with Crippen LogP contribution in [-0.2, 0) is 0 Å². The van der Waals surface area contributed by atoms with E-state index in [4.69, 9.17) is 4.42 Å². The van der Waals surface area contributed by atoms with Crippen LogP contribution in [0.2, 0.25) is 0 Å². The van der Waals surface area contributed by atoms with Crippen molar-refractivity contribution in [2.45, 2.75) is 0 Å². The molecule has 0 amide bonds. The van der Waals surface area contributed by atoms with Crippen LogP contribution >= 0.6 is 11.3 Å². The molecule has 53 heavy (non-hydrogen) atoms. The summed E-state index contributed by atoms with van der Waals surface area (Å²) in [7, 11) is 0. The molecule has 0 atom stereocenters. The zero-order chi connectivity index (χ0) is 34.9. The van der Waals surface area contributed by atoms with Crippen LogP contribution in [0.1, 0.15) is 0 Å². The molecule has 3 heteroatoms. The number of benzene rings is 9. The third kappa shape index (κ3) is 4.78. The van der Waals surface area contributed by atoms with Gasteiger partial charge in [-0.15, -0.1) is 11.3 Å². The van der Waals surface area contributed by atoms with Crippen molar-refractivity contribution in [3.05, 3.63) is 188 Å². The van der Waals surface area contributed by atoms with E-state index in [1.54, 1.807) is 0 Å². The number of thiophene rings is 1. The summed E-state index contributed by atoms with van der Waals surface area (Å²) in [6, 6.07) is 67.8. The Labute approximate surface area is 310 Å². The number of fused-ring (bicyclic) bond motifs is 10. The monoisotopic (exact) mass is 693 g/mol. The van der Waals surface area contributed by atoms with Gasteiger partial charge in [0, 0.05) is 42.3 Å². The highest BCUT2D eigenvalue weighted by Gasteiger charge is 2.22. The summed E-state index contributed by atoms with van der Waals surface area (Å²) in [6.45, 7) is 0. The topological polar surface area (TPSA) is 16.4 Å². The van der Waals surface area contributed by atoms with Gasteiger partial charge in [-0.3, -0.25) is 0 Å². The van der Waals surface area contributed by atoms with E-state index in [2.05, 4.69) is 187 Å². The van der Waals surface area contributed by atoms with Gasteiger partial charge in [-0.25, -0.2) is 0 Å². The van der Waals surface area contributed by atoms with Gasteiger partial charge in [0.2, 0.25) is 0 Å². The van der Waals surface area contributed by atoms with Crippen LogP contribution in [0.4, 0.5) is 17.1 Å². The minimum Gasteiger partial charge on any atom is -0.454 e. The van der Waals surface area contributed by atoms with Crippen molar-refractivity contribution >= 4 is 92.1 Å². The predicted molar refractivity (Wildman–Crippen MR) is 227 cm³/mol. The Hall–Kier alpha value is -6.68. The Bertz CT molecular complexity index is 3170. The Morgan fingerprint density at radius 2 is 1.09 bits per heavy atom. The van der Waals surface area contributed by atoms with E-state index in [1.165, 1.54) is 58.4 Å². The molecule has 11 aromatic rings. The zero-order valence-corrected chi connectivity index (χ0v) is 29.5. The lowest BCUT2D eigenvalue weighted by Gasteiger charge is -2.27. The second-order valence-electron chi connectivity index (χ2n) is 13.7. The van der Waals surface area contributed by atoms with Gasteiger partial charge in [-0.05, 0) is 86.3 Å². The third-order valence-electron chi connectivity index (χ3n) is 10.6. The Kier molecular flexibility index (Phi) is 6.76. The van der Waals surface area contributed by atoms with Crippen molar-refractivity contribution in [3.63, 3.8) is 0 Å². The lowest BCUT2D eigenvalue weighted by molar-refractivity contribution is 0.669. The molecule has 2 heterocycles. The number of nitrogens with zero attached hydrogens (tertiary/aromatic N) is 1. The number of hydrogen-bond acceptors (Lipinski definition) is 3. The van der Waals surface area contributed by atoms with E-state index < -0.39 is 0 Å². The minimum absolute atomic E-state index is 0.876. The number of hydrogen-bond donors (Lipinski definition) is 0. The van der Waals surface area contributed by atoms with Gasteiger partial charge in [-0.2, -0.15) is 0 Å². The first-order valence-electron chi connectivity index (χ1n) is 18.0. The molecule has 0 fully saturated rings. The molecule has 0 saturated carbocycles. The van der Waals surface area contributed by atoms with E-state index in [1.807, 2.05) is 17.4 Å². The molecule has 0 saturated heterocycles. The van der Waals surface area contributed by atoms with Gasteiger partial charge in [-0.1, -0.05) is 146 Å². The molecule has 11 rings (SSSR count). The number of furan rings is 1. The highest BCUT2D eigenvalue weighted by Crippen LogP contribution is 2.47. The van der Waals surface area contributed by atoms with Crippen molar-refractivity contribution in [2.24, 2.45) is 0 Å². The highest BCUT2D eigenvalue weighted by atomic mass is 32.1. The quantitative estimate of drug-likeness (QED) is 0.178. The highest BCUT2D eigenvalue weighted by molar-refractivity contribution is 7.26. The van der Waals surface area contributed by atoms with Crippen molar-refractivity contribution in [2.75, 3.05) is 4.90 Å². The average molecular weight is 694 g/mol. The van der Waals surface area contributed by atoms with E-state index in [0.29, 0.717) is 0 Å². The number of anilines is 3. The summed E-state index contributed by atoms with van der Waals surface area (Å²) < 4.78 is 9.43. The lowest BCUT2D eigenvalue weighted by Crippen LogP contribution is -2.10. The van der Waals surface area contributed by atoms with Gasteiger partial charge < -0.3 is 9.32 Å². The SMILES string of the molecule is c1ccc(-c2cccc(N(c3ccc(-c4cccc5c4sc4ccc6ccccc6c45)cc3)c3cc4ccccc4c4c3oc3ccccc34)c2)cc1. The van der Waals surface area contributed by atoms with E-state index in [-0.39, 0.29) is 0 Å². The van der Waals surface area contributed by atoms with Gasteiger partial charge >= 0.3 is 0 Å². The number of rotatable bonds is 5. The molecular formula is C50H31NOS. The van der Waals surface area contributed by atoms with Crippen LogP contribution in [0.5, 0.6) is 0 Å². The summed E-state index contributed by atoms with van der Waals surface area (Å²) in [6.07, 6.45) is 0. The smallest absolute Gasteiger partial charge is 0.160 e. The molecule has 9 aromatic carbocycles. The van der Waals surface area contributed by atoms with Crippen LogP contribution < -0.4 is 4.90 Å². The van der Waals surface area contributed by atoms with Gasteiger partial charge in [0.05, 0.1) is 5.69 Å². The van der Waals surface area contributed by atoms with Crippen LogP contribution in [0, 0.1) is 0 Å². The van der Waals surface area contributed by atoms with Crippen molar-refractivity contribution in [1.82, 2.24) is 0 Å². The Morgan fingerprint density at radius 1 is 0.415 bits per heavy atom. The van der Waals surface area contributed by atoms with Crippen molar-refractivity contribution < 1.29 is 4.42 Å². The molecule has 0 radical (unpaired) electrons. The Balaban J connectivity index is 1.12.